The average molecular weight is 454 g/mol. The largest absolute Gasteiger partial charge is 0.452 e. The number of ether oxygens (including phenoxy) is 1. The van der Waals surface area contributed by atoms with E-state index in [1.807, 2.05) is 79.7 Å². The van der Waals surface area contributed by atoms with E-state index in [4.69, 9.17) is 9.72 Å². The number of anilines is 1. The number of hydrogen-bond acceptors (Lipinski definition) is 6. The van der Waals surface area contributed by atoms with E-state index in [1.165, 1.54) is 11.3 Å². The maximum atomic E-state index is 13.0. The fraction of sp³-hybridized carbons (Fsp3) is 0.0769. The van der Waals surface area contributed by atoms with Gasteiger partial charge in [-0.3, -0.25) is 10.1 Å². The quantitative estimate of drug-likeness (QED) is 0.350. The van der Waals surface area contributed by atoms with Crippen molar-refractivity contribution >= 4 is 49.5 Å². The summed E-state index contributed by atoms with van der Waals surface area (Å²) in [6.45, 7) is 1.60. The highest BCUT2D eigenvalue weighted by atomic mass is 32.1. The SMILES string of the molecule is Cc1ccc(-c2cc(C(=O)OCC(=O)Nc3nc4ccccc4s3)c3ccccc3n2)cc1. The van der Waals surface area contributed by atoms with E-state index in [2.05, 4.69) is 10.3 Å². The molecule has 7 heteroatoms. The first-order valence-corrected chi connectivity index (χ1v) is 11.2. The van der Waals surface area contributed by atoms with Crippen molar-refractivity contribution in [3.8, 4) is 11.3 Å². The molecule has 0 aliphatic rings. The third-order valence-corrected chi connectivity index (χ3v) is 6.11. The van der Waals surface area contributed by atoms with Crippen molar-refractivity contribution < 1.29 is 14.3 Å². The number of carbonyl (C=O) groups excluding carboxylic acids is 2. The number of benzene rings is 3. The molecule has 6 nitrogen and oxygen atoms in total. The van der Waals surface area contributed by atoms with Gasteiger partial charge in [-0.2, -0.15) is 0 Å². The van der Waals surface area contributed by atoms with Crippen molar-refractivity contribution in [2.75, 3.05) is 11.9 Å². The molecular formula is C26H19N3O3S. The van der Waals surface area contributed by atoms with Gasteiger partial charge in [0.25, 0.3) is 5.91 Å². The fourth-order valence-corrected chi connectivity index (χ4v) is 4.39. The molecule has 2 aromatic heterocycles. The van der Waals surface area contributed by atoms with Crippen LogP contribution in [0.4, 0.5) is 5.13 Å². The lowest BCUT2D eigenvalue weighted by Gasteiger charge is -2.10. The fourth-order valence-electron chi connectivity index (χ4n) is 3.51. The van der Waals surface area contributed by atoms with E-state index >= 15 is 0 Å². The molecule has 1 N–H and O–H groups in total. The molecule has 0 saturated heterocycles. The zero-order valence-corrected chi connectivity index (χ0v) is 18.6. The van der Waals surface area contributed by atoms with Gasteiger partial charge in [-0.25, -0.2) is 14.8 Å². The molecule has 0 bridgehead atoms. The van der Waals surface area contributed by atoms with E-state index < -0.39 is 18.5 Å². The van der Waals surface area contributed by atoms with Gasteiger partial charge in [0.15, 0.2) is 11.7 Å². The number of nitrogens with one attached hydrogen (secondary N) is 1. The molecule has 2 heterocycles. The summed E-state index contributed by atoms with van der Waals surface area (Å²) in [6.07, 6.45) is 0. The Morgan fingerprint density at radius 2 is 1.64 bits per heavy atom. The van der Waals surface area contributed by atoms with Gasteiger partial charge in [0, 0.05) is 10.9 Å². The van der Waals surface area contributed by atoms with Gasteiger partial charge < -0.3 is 4.74 Å². The van der Waals surface area contributed by atoms with Crippen molar-refractivity contribution in [2.24, 2.45) is 0 Å². The Hall–Kier alpha value is -4.10. The molecule has 0 atom stereocenters. The highest BCUT2D eigenvalue weighted by molar-refractivity contribution is 7.22. The zero-order chi connectivity index (χ0) is 22.8. The predicted octanol–water partition coefficient (Wildman–Crippen LogP) is 5.62. The molecule has 5 rings (SSSR count). The van der Waals surface area contributed by atoms with E-state index in [-0.39, 0.29) is 0 Å². The van der Waals surface area contributed by atoms with Gasteiger partial charge in [0.05, 0.1) is 27.0 Å². The number of amides is 1. The molecule has 5 aromatic rings. The van der Waals surface area contributed by atoms with Crippen LogP contribution in [-0.4, -0.2) is 28.5 Å². The number of hydrogen-bond donors (Lipinski definition) is 1. The van der Waals surface area contributed by atoms with Gasteiger partial charge in [0.1, 0.15) is 0 Å². The van der Waals surface area contributed by atoms with Gasteiger partial charge in [-0.15, -0.1) is 0 Å². The summed E-state index contributed by atoms with van der Waals surface area (Å²) in [5.74, 6) is -1.03. The van der Waals surface area contributed by atoms with Crippen molar-refractivity contribution in [3.05, 3.63) is 90.0 Å². The van der Waals surface area contributed by atoms with Crippen molar-refractivity contribution in [3.63, 3.8) is 0 Å². The van der Waals surface area contributed by atoms with Crippen LogP contribution in [0.5, 0.6) is 0 Å². The van der Waals surface area contributed by atoms with Gasteiger partial charge in [-0.1, -0.05) is 71.5 Å². The first kappa shape index (κ1) is 20.8. The summed E-state index contributed by atoms with van der Waals surface area (Å²) in [5, 5.41) is 3.83. The third kappa shape index (κ3) is 4.44. The minimum Gasteiger partial charge on any atom is -0.452 e. The smallest absolute Gasteiger partial charge is 0.339 e. The summed E-state index contributed by atoms with van der Waals surface area (Å²) >= 11 is 1.37. The Labute approximate surface area is 193 Å². The van der Waals surface area contributed by atoms with E-state index in [0.717, 1.165) is 21.3 Å². The second-order valence-electron chi connectivity index (χ2n) is 7.55. The van der Waals surface area contributed by atoms with Crippen LogP contribution in [-0.2, 0) is 9.53 Å². The third-order valence-electron chi connectivity index (χ3n) is 5.16. The standard InChI is InChI=1S/C26H19N3O3S/c1-16-10-12-17(13-11-16)22-14-19(18-6-2-3-7-20(18)27-22)25(31)32-15-24(30)29-26-28-21-8-4-5-9-23(21)33-26/h2-14H,15H2,1H3,(H,28,29,30). The number of carbonyl (C=O) groups is 2. The van der Waals surface area contributed by atoms with E-state index in [9.17, 15) is 9.59 Å². The summed E-state index contributed by atoms with van der Waals surface area (Å²) < 4.78 is 6.32. The lowest BCUT2D eigenvalue weighted by atomic mass is 10.0. The molecule has 0 unspecified atom stereocenters. The number of rotatable bonds is 5. The molecule has 0 fully saturated rings. The van der Waals surface area contributed by atoms with E-state index in [0.29, 0.717) is 27.3 Å². The lowest BCUT2D eigenvalue weighted by Crippen LogP contribution is -2.21. The van der Waals surface area contributed by atoms with Crippen LogP contribution in [0.15, 0.2) is 78.9 Å². The normalized spacial score (nSPS) is 10.9. The Bertz CT molecular complexity index is 1460. The molecular weight excluding hydrogens is 434 g/mol. The lowest BCUT2D eigenvalue weighted by molar-refractivity contribution is -0.119. The second-order valence-corrected chi connectivity index (χ2v) is 8.58. The number of esters is 1. The van der Waals surface area contributed by atoms with Crippen molar-refractivity contribution in [2.45, 2.75) is 6.92 Å². The highest BCUT2D eigenvalue weighted by Crippen LogP contribution is 2.27. The first-order chi connectivity index (χ1) is 16.1. The van der Waals surface area contributed by atoms with Crippen LogP contribution in [0.3, 0.4) is 0 Å². The van der Waals surface area contributed by atoms with Gasteiger partial charge in [0.2, 0.25) is 0 Å². The number of fused-ring (bicyclic) bond motifs is 2. The molecule has 0 radical (unpaired) electrons. The number of pyridine rings is 1. The van der Waals surface area contributed by atoms with Gasteiger partial charge >= 0.3 is 5.97 Å². The van der Waals surface area contributed by atoms with Crippen LogP contribution >= 0.6 is 11.3 Å². The molecule has 0 aliphatic heterocycles. The maximum Gasteiger partial charge on any atom is 0.339 e. The summed E-state index contributed by atoms with van der Waals surface area (Å²) in [5.41, 5.74) is 4.55. The van der Waals surface area contributed by atoms with Crippen LogP contribution in [0.25, 0.3) is 32.4 Å². The van der Waals surface area contributed by atoms with Crippen LogP contribution < -0.4 is 5.32 Å². The Kier molecular flexibility index (Phi) is 5.54. The summed E-state index contributed by atoms with van der Waals surface area (Å²) in [6, 6.07) is 24.6. The molecule has 1 amide bonds. The Morgan fingerprint density at radius 1 is 0.909 bits per heavy atom. The van der Waals surface area contributed by atoms with Crippen molar-refractivity contribution in [1.82, 2.24) is 9.97 Å². The average Bonchev–Trinajstić information content (AvgIpc) is 3.24. The minimum atomic E-state index is -0.582. The second kappa shape index (κ2) is 8.80. The van der Waals surface area contributed by atoms with Crippen LogP contribution in [0.1, 0.15) is 15.9 Å². The number of thiazole rings is 1. The molecule has 0 saturated carbocycles. The molecule has 0 aliphatic carbocycles. The highest BCUT2D eigenvalue weighted by Gasteiger charge is 2.17. The van der Waals surface area contributed by atoms with Crippen LogP contribution in [0.2, 0.25) is 0 Å². The number of para-hydroxylation sites is 2. The molecule has 3 aromatic carbocycles. The van der Waals surface area contributed by atoms with Crippen LogP contribution in [0, 0.1) is 6.92 Å². The molecule has 162 valence electrons. The summed E-state index contributed by atoms with van der Waals surface area (Å²) in [4.78, 5) is 34.4. The number of aryl methyl sites for hydroxylation is 1. The predicted molar refractivity (Wildman–Crippen MR) is 130 cm³/mol. The minimum absolute atomic E-state index is 0.365. The monoisotopic (exact) mass is 453 g/mol. The molecule has 33 heavy (non-hydrogen) atoms. The van der Waals surface area contributed by atoms with Gasteiger partial charge in [-0.05, 0) is 31.2 Å². The Balaban J connectivity index is 1.36. The zero-order valence-electron chi connectivity index (χ0n) is 17.7. The number of aromatic nitrogens is 2. The van der Waals surface area contributed by atoms with E-state index in [1.54, 1.807) is 6.07 Å². The topological polar surface area (TPSA) is 81.2 Å². The first-order valence-electron chi connectivity index (χ1n) is 10.4. The maximum absolute atomic E-state index is 13.0. The molecule has 0 spiro atoms. The van der Waals surface area contributed by atoms with Crippen molar-refractivity contribution in [1.29, 1.82) is 0 Å². The number of nitrogens with zero attached hydrogens (tertiary/aromatic N) is 2. The summed E-state index contributed by atoms with van der Waals surface area (Å²) in [7, 11) is 0. The Morgan fingerprint density at radius 3 is 2.42 bits per heavy atom.